The summed E-state index contributed by atoms with van der Waals surface area (Å²) in [6.07, 6.45) is -8.49. The third-order valence-corrected chi connectivity index (χ3v) is 7.31. The Hall–Kier alpha value is -5.02. The van der Waals surface area contributed by atoms with Crippen LogP contribution in [-0.2, 0) is 57.1 Å². The lowest BCUT2D eigenvalue weighted by atomic mass is 9.98. The average Bonchev–Trinajstić information content (AvgIpc) is 3.32. The van der Waals surface area contributed by atoms with Crippen molar-refractivity contribution in [3.8, 4) is 11.1 Å². The number of fused-ring (bicyclic) bond motifs is 3. The molecule has 2 aliphatic rings. The minimum atomic E-state index is -1.68. The second-order valence-corrected chi connectivity index (χ2v) is 10.8. The highest BCUT2D eigenvalue weighted by Crippen LogP contribution is 2.44. The Morgan fingerprint density at radius 1 is 0.723 bits per heavy atom. The van der Waals surface area contributed by atoms with Gasteiger partial charge >= 0.3 is 35.9 Å². The number of carboxylic acids is 1. The lowest BCUT2D eigenvalue weighted by molar-refractivity contribution is -0.308. The number of aliphatic carboxylic acids is 1. The number of rotatable bonds is 12. The lowest BCUT2D eigenvalue weighted by Crippen LogP contribution is -2.63. The molecule has 0 saturated carbocycles. The summed E-state index contributed by atoms with van der Waals surface area (Å²) < 4.78 is 37.9. The monoisotopic (exact) mass is 657 g/mol. The molecule has 1 saturated heterocycles. The van der Waals surface area contributed by atoms with Crippen molar-refractivity contribution in [3.05, 3.63) is 59.7 Å². The van der Waals surface area contributed by atoms with Crippen LogP contribution in [0.2, 0.25) is 0 Å². The van der Waals surface area contributed by atoms with E-state index in [1.165, 1.54) is 0 Å². The Bertz CT molecular complexity index is 1460. The summed E-state index contributed by atoms with van der Waals surface area (Å²) in [5.74, 6) is -5.01. The lowest BCUT2D eigenvalue weighted by Gasteiger charge is -2.44. The molecule has 0 unspecified atom stereocenters. The van der Waals surface area contributed by atoms with E-state index in [0.29, 0.717) is 0 Å². The van der Waals surface area contributed by atoms with Gasteiger partial charge in [0.25, 0.3) is 0 Å². The molecular formula is C32H35NO14. The molecule has 2 aromatic rings. The molecule has 6 atom stereocenters. The quantitative estimate of drug-likeness (QED) is 0.248. The highest BCUT2D eigenvalue weighted by molar-refractivity contribution is 5.81. The summed E-state index contributed by atoms with van der Waals surface area (Å²) in [4.78, 5) is 72.4. The van der Waals surface area contributed by atoms with Crippen LogP contribution in [0.4, 0.5) is 4.79 Å². The van der Waals surface area contributed by atoms with Crippen molar-refractivity contribution in [2.45, 2.75) is 70.4 Å². The molecule has 1 aliphatic heterocycles. The van der Waals surface area contributed by atoms with Crippen LogP contribution >= 0.6 is 0 Å². The molecule has 2 aromatic carbocycles. The summed E-state index contributed by atoms with van der Waals surface area (Å²) in [7, 11) is 0. The molecule has 15 heteroatoms. The van der Waals surface area contributed by atoms with Crippen molar-refractivity contribution >= 4 is 35.9 Å². The number of carbonyl (C=O) groups is 6. The van der Waals surface area contributed by atoms with Crippen LogP contribution in [0.15, 0.2) is 48.5 Å². The van der Waals surface area contributed by atoms with Crippen molar-refractivity contribution < 1.29 is 67.0 Å². The average molecular weight is 658 g/mol. The van der Waals surface area contributed by atoms with E-state index in [1.807, 2.05) is 48.5 Å². The highest BCUT2D eigenvalue weighted by Gasteiger charge is 2.53. The van der Waals surface area contributed by atoms with Gasteiger partial charge in [0.15, 0.2) is 30.6 Å². The normalized spacial score (nSPS) is 22.1. The van der Waals surface area contributed by atoms with Gasteiger partial charge in [-0.25, -0.2) is 9.59 Å². The number of nitrogens with one attached hydrogen (secondary N) is 1. The molecule has 252 valence electrons. The predicted molar refractivity (Wildman–Crippen MR) is 158 cm³/mol. The number of hydrogen-bond donors (Lipinski definition) is 2. The van der Waals surface area contributed by atoms with E-state index in [-0.39, 0.29) is 12.5 Å². The number of carbonyl (C=O) groups excluding carboxylic acids is 5. The minimum absolute atomic E-state index is 0.0766. The largest absolute Gasteiger partial charge is 0.480 e. The van der Waals surface area contributed by atoms with Crippen LogP contribution in [0.25, 0.3) is 11.1 Å². The minimum Gasteiger partial charge on any atom is -0.480 e. The van der Waals surface area contributed by atoms with E-state index < -0.39 is 85.9 Å². The molecule has 0 bridgehead atoms. The molecule has 4 rings (SSSR count). The van der Waals surface area contributed by atoms with E-state index >= 15 is 0 Å². The van der Waals surface area contributed by atoms with E-state index in [0.717, 1.165) is 49.9 Å². The van der Waals surface area contributed by atoms with Gasteiger partial charge < -0.3 is 43.6 Å². The van der Waals surface area contributed by atoms with Gasteiger partial charge in [0.05, 0.1) is 6.61 Å². The number of esters is 4. The molecule has 0 radical (unpaired) electrons. The number of amides is 1. The van der Waals surface area contributed by atoms with Crippen molar-refractivity contribution in [1.82, 2.24) is 5.32 Å². The van der Waals surface area contributed by atoms with Crippen LogP contribution in [0.5, 0.6) is 0 Å². The molecule has 0 aromatic heterocycles. The van der Waals surface area contributed by atoms with Gasteiger partial charge in [-0.1, -0.05) is 48.5 Å². The molecule has 15 nitrogen and oxygen atoms in total. The zero-order valence-electron chi connectivity index (χ0n) is 26.0. The first kappa shape index (κ1) is 34.8. The first-order valence-corrected chi connectivity index (χ1v) is 14.6. The molecule has 1 heterocycles. The van der Waals surface area contributed by atoms with Crippen molar-refractivity contribution in [3.63, 3.8) is 0 Å². The van der Waals surface area contributed by atoms with Crippen LogP contribution in [0.1, 0.15) is 44.7 Å². The number of benzene rings is 2. The Balaban J connectivity index is 1.48. The van der Waals surface area contributed by atoms with E-state index in [9.17, 15) is 33.9 Å². The Morgan fingerprint density at radius 2 is 1.26 bits per heavy atom. The fourth-order valence-electron chi connectivity index (χ4n) is 5.47. The standard InChI is InChI=1S/C32H35NO14/c1-16(34)41-15-26-27(44-17(2)35)28(45-18(3)36)29(46-19(4)37)31(47-26)42-14-25(30(38)39)33-32(40)43-13-24-22-11-7-5-9-20(22)21-10-6-8-12-23(21)24/h5-12,24-29,31H,13-15H2,1-4H3,(H,33,40)(H,38,39)/t25-,26-,27-,28+,29+,31+/m0/s1. The zero-order valence-corrected chi connectivity index (χ0v) is 26.0. The summed E-state index contributed by atoms with van der Waals surface area (Å²) in [6, 6.07) is 13.7. The number of alkyl carbamates (subject to hydrolysis) is 1. The van der Waals surface area contributed by atoms with E-state index in [1.54, 1.807) is 0 Å². The molecule has 1 aliphatic carbocycles. The first-order chi connectivity index (χ1) is 22.3. The van der Waals surface area contributed by atoms with Gasteiger partial charge in [0.2, 0.25) is 0 Å². The maximum atomic E-state index is 12.8. The van der Waals surface area contributed by atoms with Crippen LogP contribution < -0.4 is 5.32 Å². The molecular weight excluding hydrogens is 622 g/mol. The van der Waals surface area contributed by atoms with Gasteiger partial charge in [-0.3, -0.25) is 19.2 Å². The number of ether oxygens (including phenoxy) is 7. The van der Waals surface area contributed by atoms with Gasteiger partial charge in [0, 0.05) is 33.6 Å². The first-order valence-electron chi connectivity index (χ1n) is 14.6. The second-order valence-electron chi connectivity index (χ2n) is 10.8. The summed E-state index contributed by atoms with van der Waals surface area (Å²) in [6.45, 7) is 2.98. The Morgan fingerprint density at radius 3 is 1.79 bits per heavy atom. The number of hydrogen-bond acceptors (Lipinski definition) is 13. The highest BCUT2D eigenvalue weighted by atomic mass is 16.7. The predicted octanol–water partition coefficient (Wildman–Crippen LogP) is 2.08. The van der Waals surface area contributed by atoms with Crippen LogP contribution in [0.3, 0.4) is 0 Å². The summed E-state index contributed by atoms with van der Waals surface area (Å²) >= 11 is 0. The fourth-order valence-corrected chi connectivity index (χ4v) is 5.47. The van der Waals surface area contributed by atoms with Crippen LogP contribution in [-0.4, -0.2) is 97.6 Å². The van der Waals surface area contributed by atoms with Gasteiger partial charge in [0.1, 0.15) is 19.3 Å². The Labute approximate surface area is 269 Å². The second kappa shape index (κ2) is 15.5. The SMILES string of the molecule is CC(=O)OC[C@@H]1O[C@@H](OC[C@H](NC(=O)OCC2c3ccccc3-c3ccccc32)C(=O)O)[C@H](OC(C)=O)[C@H](OC(C)=O)[C@H]1OC(C)=O. The molecule has 2 N–H and O–H groups in total. The van der Waals surface area contributed by atoms with E-state index in [2.05, 4.69) is 5.32 Å². The van der Waals surface area contributed by atoms with Crippen molar-refractivity contribution in [2.75, 3.05) is 19.8 Å². The maximum absolute atomic E-state index is 12.8. The van der Waals surface area contributed by atoms with Crippen molar-refractivity contribution in [1.29, 1.82) is 0 Å². The maximum Gasteiger partial charge on any atom is 0.407 e. The molecule has 47 heavy (non-hydrogen) atoms. The molecule has 1 amide bonds. The van der Waals surface area contributed by atoms with E-state index in [4.69, 9.17) is 33.2 Å². The number of carboxylic acid groups (broad SMARTS) is 1. The Kier molecular flexibility index (Phi) is 11.5. The van der Waals surface area contributed by atoms with Gasteiger partial charge in [-0.05, 0) is 22.3 Å². The molecule has 0 spiro atoms. The van der Waals surface area contributed by atoms with Gasteiger partial charge in [-0.15, -0.1) is 0 Å². The smallest absolute Gasteiger partial charge is 0.407 e. The summed E-state index contributed by atoms with van der Waals surface area (Å²) in [5, 5.41) is 12.1. The topological polar surface area (TPSA) is 199 Å². The van der Waals surface area contributed by atoms with Crippen LogP contribution in [0, 0.1) is 0 Å². The zero-order chi connectivity index (χ0) is 34.2. The van der Waals surface area contributed by atoms with Gasteiger partial charge in [-0.2, -0.15) is 0 Å². The molecule has 1 fully saturated rings. The summed E-state index contributed by atoms with van der Waals surface area (Å²) in [5.41, 5.74) is 3.95. The fraction of sp³-hybridized carbons (Fsp3) is 0.438. The van der Waals surface area contributed by atoms with Crippen molar-refractivity contribution in [2.24, 2.45) is 0 Å². The third-order valence-electron chi connectivity index (χ3n) is 7.31. The third kappa shape index (κ3) is 8.83.